The molecule has 0 saturated carbocycles. The van der Waals surface area contributed by atoms with Crippen molar-refractivity contribution in [2.24, 2.45) is 0 Å². The molecule has 4 saturated heterocycles. The molecule has 0 amide bonds. The van der Waals surface area contributed by atoms with Gasteiger partial charge >= 0.3 is 0 Å². The molecule has 0 spiro atoms. The first-order valence-electron chi connectivity index (χ1n) is 35.9. The first-order chi connectivity index (χ1) is 49.4. The fraction of sp³-hybridized carbons (Fsp3) is 0.409. The van der Waals surface area contributed by atoms with Gasteiger partial charge in [-0.3, -0.25) is 0 Å². The van der Waals surface area contributed by atoms with E-state index in [2.05, 4.69) is 209 Å². The summed E-state index contributed by atoms with van der Waals surface area (Å²) in [5, 5.41) is 11.7. The van der Waals surface area contributed by atoms with Gasteiger partial charge in [-0.25, -0.2) is 0 Å². The van der Waals surface area contributed by atoms with Gasteiger partial charge in [-0.1, -0.05) is 28.1 Å². The molecule has 1 N–H and O–H groups in total. The van der Waals surface area contributed by atoms with Gasteiger partial charge in [-0.2, -0.15) is 0 Å². The molecule has 4 aliphatic rings. The zero-order chi connectivity index (χ0) is 73.8. The van der Waals surface area contributed by atoms with E-state index in [0.29, 0.717) is 46.2 Å². The van der Waals surface area contributed by atoms with Crippen molar-refractivity contribution in [2.45, 2.75) is 147 Å². The summed E-state index contributed by atoms with van der Waals surface area (Å²) in [5.74, 6) is 7.05. The Labute approximate surface area is 619 Å². The Morgan fingerprint density at radius 2 is 0.485 bits per heavy atom. The Balaban J connectivity index is 0.000000211. The third-order valence-electron chi connectivity index (χ3n) is 18.5. The Morgan fingerprint density at radius 1 is 0.320 bits per heavy atom. The first kappa shape index (κ1) is 77.5. The van der Waals surface area contributed by atoms with E-state index in [1.165, 1.54) is 0 Å². The normalized spacial score (nSPS) is 16.6. The van der Waals surface area contributed by atoms with Gasteiger partial charge in [0.05, 0.1) is 33.0 Å². The quantitative estimate of drug-likeness (QED) is 0.0242. The van der Waals surface area contributed by atoms with Crippen LogP contribution in [0.4, 0.5) is 0 Å². The van der Waals surface area contributed by atoms with E-state index >= 15 is 0 Å². The minimum atomic E-state index is -0.792. The van der Waals surface area contributed by atoms with Crippen molar-refractivity contribution in [3.63, 3.8) is 0 Å². The highest BCUT2D eigenvalue weighted by atomic mass is 79.9. The van der Waals surface area contributed by atoms with Gasteiger partial charge in [0.2, 0.25) is 0 Å². The largest absolute Gasteiger partial charge is 0.490 e. The number of alkyl halides is 1. The lowest BCUT2D eigenvalue weighted by Crippen LogP contribution is -2.29. The predicted octanol–water partition coefficient (Wildman–Crippen LogP) is 18.5. The number of epoxide rings is 4. The van der Waals surface area contributed by atoms with Crippen LogP contribution in [-0.4, -0.2) is 133 Å². The topological polar surface area (TPSA) is 153 Å². The average molecular weight is 1470 g/mol. The van der Waals surface area contributed by atoms with E-state index in [1.54, 1.807) is 12.2 Å². The Hall–Kier alpha value is -8.12. The molecule has 0 aromatic heterocycles. The van der Waals surface area contributed by atoms with Crippen LogP contribution in [0.5, 0.6) is 46.0 Å². The summed E-state index contributed by atoms with van der Waals surface area (Å²) in [4.78, 5) is 0. The monoisotopic (exact) mass is 1460 g/mol. The summed E-state index contributed by atoms with van der Waals surface area (Å²) < 4.78 is 76.7. The molecule has 4 heterocycles. The number of hydrogen-bond donors (Lipinski definition) is 1. The van der Waals surface area contributed by atoms with Crippen molar-refractivity contribution < 1.29 is 66.7 Å². The number of ether oxygens (including phenoxy) is 13. The standard InChI is InChI=1S/C44H52O7.C41H48O7.C3H5Br/c1-10-11-45-38(22-48-41-26(2)12-34(13-27(41)3)36-16-30(6)43(31(7)17-36)50-24-39-20-46-39)23-49-42-28(4)14-35(15-29(42)5)37-18-32(8)44(33(9)19-37)51-25-40-21-47-40;1-23-9-31(33-13-27(5)40(28(6)14-33)47-21-36-19-43-36)10-24(2)38(23)45-17-35(42)18-46-39-25(3)11-32(12-26(39)4)34-15-29(7)41(30(8)16-34)48-22-37-20-44-37;1-2-3-4/h10,12-19,38-40H,1,11,20-25H2,2-9H3;9-16,35-37,42H,17-22H2,1-8H3;2H,1,3H2. The maximum absolute atomic E-state index is 10.8. The summed E-state index contributed by atoms with van der Waals surface area (Å²) in [5.41, 5.74) is 26.4. The lowest BCUT2D eigenvalue weighted by atomic mass is 9.96. The first-order valence-corrected chi connectivity index (χ1v) is 37.0. The second-order valence-corrected chi connectivity index (χ2v) is 28.8. The number of rotatable bonds is 32. The molecule has 15 heteroatoms. The highest BCUT2D eigenvalue weighted by Gasteiger charge is 2.28. The van der Waals surface area contributed by atoms with Crippen LogP contribution in [0.15, 0.2) is 122 Å². The molecular formula is C88H105BrO14. The molecule has 14 nitrogen and oxygen atoms in total. The zero-order valence-electron chi connectivity index (χ0n) is 63.3. The zero-order valence-corrected chi connectivity index (χ0v) is 64.9. The van der Waals surface area contributed by atoms with Gasteiger partial charge in [0.25, 0.3) is 0 Å². The van der Waals surface area contributed by atoms with E-state index in [4.69, 9.17) is 61.6 Å². The van der Waals surface area contributed by atoms with Crippen molar-refractivity contribution in [2.75, 3.05) is 91.2 Å². The van der Waals surface area contributed by atoms with Crippen LogP contribution < -0.4 is 37.9 Å². The Kier molecular flexibility index (Phi) is 26.8. The predicted molar refractivity (Wildman–Crippen MR) is 416 cm³/mol. The van der Waals surface area contributed by atoms with E-state index < -0.39 is 6.10 Å². The van der Waals surface area contributed by atoms with Crippen LogP contribution in [0, 0.1) is 111 Å². The van der Waals surface area contributed by atoms with Crippen LogP contribution in [0.25, 0.3) is 44.5 Å². The second-order valence-electron chi connectivity index (χ2n) is 28.2. The molecule has 0 radical (unpaired) electrons. The van der Waals surface area contributed by atoms with Crippen molar-refractivity contribution in [3.8, 4) is 90.5 Å². The molecule has 0 aliphatic carbocycles. The van der Waals surface area contributed by atoms with E-state index in [0.717, 1.165) is 211 Å². The third kappa shape index (κ3) is 21.3. The van der Waals surface area contributed by atoms with Crippen molar-refractivity contribution in [1.29, 1.82) is 0 Å². The minimum absolute atomic E-state index is 0.131. The van der Waals surface area contributed by atoms with Crippen LogP contribution in [0.1, 0.15) is 89.0 Å². The van der Waals surface area contributed by atoms with Gasteiger partial charge in [-0.15, -0.1) is 13.2 Å². The highest BCUT2D eigenvalue weighted by molar-refractivity contribution is 9.09. The number of hydrogen-bond acceptors (Lipinski definition) is 14. The molecule has 4 aliphatic heterocycles. The molecule has 8 aromatic rings. The number of benzene rings is 8. The van der Waals surface area contributed by atoms with E-state index in [1.807, 2.05) is 27.7 Å². The number of allylic oxidation sites excluding steroid dienone is 1. The lowest BCUT2D eigenvalue weighted by molar-refractivity contribution is 0.00552. The Bertz CT molecular complexity index is 3860. The minimum Gasteiger partial charge on any atom is -0.490 e. The fourth-order valence-corrected chi connectivity index (χ4v) is 13.2. The van der Waals surface area contributed by atoms with Crippen LogP contribution in [0.2, 0.25) is 0 Å². The van der Waals surface area contributed by atoms with Gasteiger partial charge in [0, 0.05) is 5.33 Å². The van der Waals surface area contributed by atoms with Gasteiger partial charge < -0.3 is 66.7 Å². The SMILES string of the molecule is C=CCBr.C=CCOC(COc1c(C)cc(-c2cc(C)c(OCC3CO3)c(C)c2)cc1C)COc1c(C)cc(-c2cc(C)c(OCC3CO3)c(C)c2)cc1C.Cc1cc(-c2cc(C)c(OCC3CO3)c(C)c2)cc(C)c1OCC(O)COc1c(C)cc(-c2cc(C)c(OCC3CO3)c(C)c2)cc1C. The summed E-state index contributed by atoms with van der Waals surface area (Å²) in [6.07, 6.45) is 3.37. The summed E-state index contributed by atoms with van der Waals surface area (Å²) in [6.45, 7) is 47.4. The summed E-state index contributed by atoms with van der Waals surface area (Å²) >= 11 is 3.13. The van der Waals surface area contributed by atoms with E-state index in [-0.39, 0.29) is 43.7 Å². The maximum Gasteiger partial charge on any atom is 0.126 e. The summed E-state index contributed by atoms with van der Waals surface area (Å²) in [7, 11) is 0. The number of halogens is 1. The van der Waals surface area contributed by atoms with Crippen LogP contribution >= 0.6 is 15.9 Å². The number of aryl methyl sites for hydroxylation is 16. The van der Waals surface area contributed by atoms with Gasteiger partial charge in [0.15, 0.2) is 0 Å². The molecular weight excluding hydrogens is 1360 g/mol. The van der Waals surface area contributed by atoms with Gasteiger partial charge in [-0.05, 0) is 341 Å². The molecule has 0 bridgehead atoms. The number of aliphatic hydroxyl groups is 1. The molecule has 4 unspecified atom stereocenters. The highest BCUT2D eigenvalue weighted by Crippen LogP contribution is 2.40. The fourth-order valence-electron chi connectivity index (χ4n) is 13.2. The Morgan fingerprint density at radius 3 is 0.641 bits per heavy atom. The smallest absolute Gasteiger partial charge is 0.126 e. The maximum atomic E-state index is 10.8. The second kappa shape index (κ2) is 35.6. The molecule has 4 fully saturated rings. The summed E-state index contributed by atoms with van der Waals surface area (Å²) in [6, 6.07) is 34.7. The molecule has 103 heavy (non-hydrogen) atoms. The van der Waals surface area contributed by atoms with Crippen LogP contribution in [0.3, 0.4) is 0 Å². The molecule has 12 rings (SSSR count). The lowest BCUT2D eigenvalue weighted by Gasteiger charge is -2.22. The molecule has 4 atom stereocenters. The van der Waals surface area contributed by atoms with Crippen molar-refractivity contribution >= 4 is 15.9 Å². The third-order valence-corrected chi connectivity index (χ3v) is 19.0. The average Bonchev–Trinajstić information content (AvgIpc) is 1.81. The van der Waals surface area contributed by atoms with E-state index in [9.17, 15) is 5.11 Å². The van der Waals surface area contributed by atoms with Gasteiger partial charge in [0.1, 0.15) is 135 Å². The molecule has 548 valence electrons. The van der Waals surface area contributed by atoms with Crippen molar-refractivity contribution in [1.82, 2.24) is 0 Å². The molecule has 8 aromatic carbocycles. The van der Waals surface area contributed by atoms with Crippen LogP contribution in [-0.2, 0) is 23.7 Å². The van der Waals surface area contributed by atoms with Crippen molar-refractivity contribution in [3.05, 3.63) is 211 Å². The number of aliphatic hydroxyl groups excluding tert-OH is 1.